The Hall–Kier alpha value is -2.45. The monoisotopic (exact) mass is 416 g/mol. The summed E-state index contributed by atoms with van der Waals surface area (Å²) in [6.45, 7) is 8.17. The molecule has 8 heteroatoms. The van der Waals surface area contributed by atoms with E-state index in [1.54, 1.807) is 10.9 Å². The number of esters is 1. The number of rotatable bonds is 8. The quantitative estimate of drug-likeness (QED) is 0.660. The molecule has 0 saturated carbocycles. The van der Waals surface area contributed by atoms with Crippen molar-refractivity contribution in [3.8, 4) is 5.75 Å². The molecule has 2 heterocycles. The van der Waals surface area contributed by atoms with Crippen molar-refractivity contribution in [2.45, 2.75) is 64.9 Å². The number of aliphatic hydroxyl groups excluding tert-OH is 1. The SMILES string of the molecule is Cn1nncc1COc1ccc2c(c1)CCN(C[C@@H](O)CCC(=O)OC(C)(C)C)C2. The van der Waals surface area contributed by atoms with Crippen molar-refractivity contribution >= 4 is 5.97 Å². The summed E-state index contributed by atoms with van der Waals surface area (Å²) in [5, 5.41) is 18.1. The van der Waals surface area contributed by atoms with Crippen LogP contribution in [0.1, 0.15) is 50.4 Å². The zero-order valence-corrected chi connectivity index (χ0v) is 18.3. The van der Waals surface area contributed by atoms with Crippen molar-refractivity contribution in [1.82, 2.24) is 19.9 Å². The number of β-amino-alcohol motifs (C(OH)–C–C–N with tert-alkyl or cyclic N) is 1. The predicted octanol–water partition coefficient (Wildman–Crippen LogP) is 2.23. The second-order valence-electron chi connectivity index (χ2n) is 8.83. The Bertz CT molecular complexity index is 859. The van der Waals surface area contributed by atoms with E-state index >= 15 is 0 Å². The number of hydrogen-bond acceptors (Lipinski definition) is 7. The van der Waals surface area contributed by atoms with Crippen molar-refractivity contribution in [2.24, 2.45) is 7.05 Å². The molecule has 0 bridgehead atoms. The first kappa shape index (κ1) is 22.2. The smallest absolute Gasteiger partial charge is 0.306 e. The Morgan fingerprint density at radius 3 is 2.80 bits per heavy atom. The molecular weight excluding hydrogens is 384 g/mol. The fourth-order valence-electron chi connectivity index (χ4n) is 3.50. The van der Waals surface area contributed by atoms with Crippen molar-refractivity contribution < 1.29 is 19.4 Å². The van der Waals surface area contributed by atoms with Gasteiger partial charge in [-0.05, 0) is 56.9 Å². The zero-order valence-electron chi connectivity index (χ0n) is 18.3. The van der Waals surface area contributed by atoms with Gasteiger partial charge in [0.2, 0.25) is 0 Å². The number of aliphatic hydroxyl groups is 1. The number of hydrogen-bond donors (Lipinski definition) is 1. The predicted molar refractivity (Wildman–Crippen MR) is 112 cm³/mol. The van der Waals surface area contributed by atoms with Crippen LogP contribution in [0.5, 0.6) is 5.75 Å². The van der Waals surface area contributed by atoms with Crippen molar-refractivity contribution in [3.05, 3.63) is 41.2 Å². The van der Waals surface area contributed by atoms with Crippen molar-refractivity contribution in [1.29, 1.82) is 0 Å². The molecule has 1 aliphatic rings. The van der Waals surface area contributed by atoms with Crippen LogP contribution in [0.4, 0.5) is 0 Å². The second-order valence-corrected chi connectivity index (χ2v) is 8.83. The molecule has 3 rings (SSSR count). The summed E-state index contributed by atoms with van der Waals surface area (Å²) < 4.78 is 12.9. The van der Waals surface area contributed by atoms with Gasteiger partial charge in [-0.1, -0.05) is 11.3 Å². The summed E-state index contributed by atoms with van der Waals surface area (Å²) in [6, 6.07) is 6.16. The molecule has 0 amide bonds. The molecule has 0 aliphatic carbocycles. The summed E-state index contributed by atoms with van der Waals surface area (Å²) in [5.74, 6) is 0.570. The van der Waals surface area contributed by atoms with Crippen molar-refractivity contribution in [2.75, 3.05) is 13.1 Å². The van der Waals surface area contributed by atoms with E-state index in [-0.39, 0.29) is 12.4 Å². The summed E-state index contributed by atoms with van der Waals surface area (Å²) in [7, 11) is 1.84. The molecule has 1 aliphatic heterocycles. The highest BCUT2D eigenvalue weighted by Gasteiger charge is 2.21. The van der Waals surface area contributed by atoms with Gasteiger partial charge in [0.1, 0.15) is 18.0 Å². The highest BCUT2D eigenvalue weighted by atomic mass is 16.6. The lowest BCUT2D eigenvalue weighted by atomic mass is 9.99. The minimum absolute atomic E-state index is 0.232. The lowest BCUT2D eigenvalue weighted by Gasteiger charge is -2.30. The molecule has 0 saturated heterocycles. The lowest BCUT2D eigenvalue weighted by Crippen LogP contribution is -2.37. The minimum Gasteiger partial charge on any atom is -0.487 e. The van der Waals surface area contributed by atoms with Crippen LogP contribution in [-0.4, -0.2) is 55.8 Å². The van der Waals surface area contributed by atoms with E-state index in [0.29, 0.717) is 19.6 Å². The first-order chi connectivity index (χ1) is 14.2. The Labute approximate surface area is 177 Å². The highest BCUT2D eigenvalue weighted by Crippen LogP contribution is 2.25. The minimum atomic E-state index is -0.547. The van der Waals surface area contributed by atoms with Gasteiger partial charge in [0.15, 0.2) is 0 Å². The first-order valence-corrected chi connectivity index (χ1v) is 10.4. The van der Waals surface area contributed by atoms with E-state index < -0.39 is 11.7 Å². The maximum atomic E-state index is 11.8. The zero-order chi connectivity index (χ0) is 21.7. The summed E-state index contributed by atoms with van der Waals surface area (Å²) in [5.41, 5.74) is 2.94. The standard InChI is InChI=1S/C22H32N4O4/c1-22(2,3)30-21(28)8-6-19(27)14-26-10-9-16-11-20(7-5-17(16)13-26)29-15-18-12-23-24-25(18)4/h5,7,11-12,19,27H,6,8-10,13-15H2,1-4H3/t19-/m0/s1. The molecular formula is C22H32N4O4. The van der Waals surface area contributed by atoms with E-state index in [2.05, 4.69) is 27.3 Å². The molecule has 0 unspecified atom stereocenters. The van der Waals surface area contributed by atoms with E-state index in [4.69, 9.17) is 9.47 Å². The van der Waals surface area contributed by atoms with Gasteiger partial charge >= 0.3 is 5.97 Å². The Kier molecular flexibility index (Phi) is 7.10. The van der Waals surface area contributed by atoms with Crippen LogP contribution >= 0.6 is 0 Å². The molecule has 30 heavy (non-hydrogen) atoms. The molecule has 0 radical (unpaired) electrons. The number of nitrogens with zero attached hydrogens (tertiary/aromatic N) is 4. The maximum Gasteiger partial charge on any atom is 0.306 e. The van der Waals surface area contributed by atoms with Crippen LogP contribution in [0.3, 0.4) is 0 Å². The van der Waals surface area contributed by atoms with Crippen LogP contribution < -0.4 is 4.74 Å². The molecule has 8 nitrogen and oxygen atoms in total. The molecule has 164 valence electrons. The number of aryl methyl sites for hydroxylation is 1. The number of fused-ring (bicyclic) bond motifs is 1. The molecule has 0 spiro atoms. The maximum absolute atomic E-state index is 11.8. The fourth-order valence-corrected chi connectivity index (χ4v) is 3.50. The highest BCUT2D eigenvalue weighted by molar-refractivity contribution is 5.69. The Morgan fingerprint density at radius 1 is 1.30 bits per heavy atom. The number of carbonyl (C=O) groups is 1. The Morgan fingerprint density at radius 2 is 2.10 bits per heavy atom. The van der Waals surface area contributed by atoms with Crippen LogP contribution in [0.15, 0.2) is 24.4 Å². The van der Waals surface area contributed by atoms with Crippen LogP contribution in [-0.2, 0) is 36.2 Å². The largest absolute Gasteiger partial charge is 0.487 e. The van der Waals surface area contributed by atoms with Gasteiger partial charge in [-0.15, -0.1) is 5.10 Å². The number of aromatic nitrogens is 3. The van der Waals surface area contributed by atoms with E-state index in [1.807, 2.05) is 33.9 Å². The van der Waals surface area contributed by atoms with Gasteiger partial charge < -0.3 is 14.6 Å². The van der Waals surface area contributed by atoms with Gasteiger partial charge in [-0.25, -0.2) is 4.68 Å². The molecule has 0 fully saturated rings. The normalized spacial score (nSPS) is 15.5. The number of carbonyl (C=O) groups excluding carboxylic acids is 1. The summed E-state index contributed by atoms with van der Waals surface area (Å²) in [6.07, 6.45) is 2.70. The summed E-state index contributed by atoms with van der Waals surface area (Å²) >= 11 is 0. The number of benzene rings is 1. The average Bonchev–Trinajstić information content (AvgIpc) is 3.08. The molecule has 1 aromatic heterocycles. The van der Waals surface area contributed by atoms with Gasteiger partial charge in [0.25, 0.3) is 0 Å². The first-order valence-electron chi connectivity index (χ1n) is 10.4. The van der Waals surface area contributed by atoms with Gasteiger partial charge in [0.05, 0.1) is 18.0 Å². The molecule has 2 aromatic rings. The molecule has 1 N–H and O–H groups in total. The van der Waals surface area contributed by atoms with Crippen molar-refractivity contribution in [3.63, 3.8) is 0 Å². The Balaban J connectivity index is 1.46. The lowest BCUT2D eigenvalue weighted by molar-refractivity contribution is -0.155. The third-order valence-corrected chi connectivity index (χ3v) is 5.03. The van der Waals surface area contributed by atoms with Crippen LogP contribution in [0.25, 0.3) is 0 Å². The number of ether oxygens (including phenoxy) is 2. The average molecular weight is 417 g/mol. The molecule has 1 aromatic carbocycles. The summed E-state index contributed by atoms with van der Waals surface area (Å²) in [4.78, 5) is 14.1. The molecule has 1 atom stereocenters. The fraction of sp³-hybridized carbons (Fsp3) is 0.591. The van der Waals surface area contributed by atoms with Crippen LogP contribution in [0.2, 0.25) is 0 Å². The second kappa shape index (κ2) is 9.57. The third kappa shape index (κ3) is 6.53. The van der Waals surface area contributed by atoms with Crippen LogP contribution in [0, 0.1) is 0 Å². The van der Waals surface area contributed by atoms with Gasteiger partial charge in [-0.3, -0.25) is 9.69 Å². The third-order valence-electron chi connectivity index (χ3n) is 5.03. The van der Waals surface area contributed by atoms with E-state index in [1.165, 1.54) is 11.1 Å². The van der Waals surface area contributed by atoms with E-state index in [0.717, 1.165) is 31.0 Å². The van der Waals surface area contributed by atoms with Gasteiger partial charge in [0, 0.05) is 33.1 Å². The van der Waals surface area contributed by atoms with Gasteiger partial charge in [-0.2, -0.15) is 0 Å². The van der Waals surface area contributed by atoms with E-state index in [9.17, 15) is 9.90 Å². The topological polar surface area (TPSA) is 89.7 Å².